The average Bonchev–Trinajstić information content (AvgIpc) is 1.84. The second-order valence-corrected chi connectivity index (χ2v) is 2.10. The SMILES string of the molecule is CC(=N/O)/C(I)=N\O. The molecule has 0 aliphatic heterocycles. The van der Waals surface area contributed by atoms with Crippen LogP contribution < -0.4 is 0 Å². The molecule has 0 aromatic rings. The Kier molecular flexibility index (Phi) is 3.49. The third kappa shape index (κ3) is 2.10. The molecule has 0 fully saturated rings. The Labute approximate surface area is 60.0 Å². The summed E-state index contributed by atoms with van der Waals surface area (Å²) in [5, 5.41) is 21.6. The molecule has 0 rings (SSSR count). The number of oxime groups is 2. The van der Waals surface area contributed by atoms with E-state index in [1.54, 1.807) is 22.6 Å². The van der Waals surface area contributed by atoms with Crippen LogP contribution in [0.25, 0.3) is 0 Å². The Morgan fingerprint density at radius 2 is 1.88 bits per heavy atom. The lowest BCUT2D eigenvalue weighted by atomic mass is 10.5. The van der Waals surface area contributed by atoms with Crippen molar-refractivity contribution in [3.8, 4) is 0 Å². The van der Waals surface area contributed by atoms with Crippen molar-refractivity contribution >= 4 is 32.0 Å². The van der Waals surface area contributed by atoms with Gasteiger partial charge in [-0.15, -0.1) is 0 Å². The maximum absolute atomic E-state index is 8.03. The Hall–Kier alpha value is -0.330. The van der Waals surface area contributed by atoms with E-state index in [1.807, 2.05) is 0 Å². The summed E-state index contributed by atoms with van der Waals surface area (Å²) in [6, 6.07) is 0. The molecule has 4 nitrogen and oxygen atoms in total. The molecule has 0 aromatic heterocycles. The predicted molar refractivity (Wildman–Crippen MR) is 38.1 cm³/mol. The zero-order valence-corrected chi connectivity index (χ0v) is 6.32. The fraction of sp³-hybridized carbons (Fsp3) is 0.333. The first-order chi connectivity index (χ1) is 3.72. The van der Waals surface area contributed by atoms with Crippen LogP contribution in [0.5, 0.6) is 0 Å². The van der Waals surface area contributed by atoms with Gasteiger partial charge in [-0.3, -0.25) is 0 Å². The molecule has 0 spiro atoms. The summed E-state index contributed by atoms with van der Waals surface area (Å²) in [4.78, 5) is 0. The van der Waals surface area contributed by atoms with Gasteiger partial charge in [0.05, 0.1) is 0 Å². The maximum atomic E-state index is 8.03. The molecule has 2 N–H and O–H groups in total. The van der Waals surface area contributed by atoms with Crippen LogP contribution in [0, 0.1) is 0 Å². The first kappa shape index (κ1) is 7.67. The van der Waals surface area contributed by atoms with Crippen molar-refractivity contribution in [2.24, 2.45) is 10.3 Å². The van der Waals surface area contributed by atoms with E-state index in [9.17, 15) is 0 Å². The molecular formula is C3H5IN2O2. The van der Waals surface area contributed by atoms with E-state index in [4.69, 9.17) is 10.4 Å². The number of halogens is 1. The molecular weight excluding hydrogens is 223 g/mol. The van der Waals surface area contributed by atoms with Crippen LogP contribution in [0.4, 0.5) is 0 Å². The molecule has 5 heteroatoms. The molecule has 0 aliphatic rings. The van der Waals surface area contributed by atoms with Crippen molar-refractivity contribution in [1.29, 1.82) is 0 Å². The van der Waals surface area contributed by atoms with Gasteiger partial charge in [-0.05, 0) is 29.5 Å². The topological polar surface area (TPSA) is 65.2 Å². The van der Waals surface area contributed by atoms with Crippen LogP contribution in [0.15, 0.2) is 10.3 Å². The van der Waals surface area contributed by atoms with E-state index >= 15 is 0 Å². The lowest BCUT2D eigenvalue weighted by molar-refractivity contribution is 0.315. The molecule has 0 aliphatic carbocycles. The molecule has 0 saturated carbocycles. The quantitative estimate of drug-likeness (QED) is 0.305. The zero-order valence-electron chi connectivity index (χ0n) is 4.17. The highest BCUT2D eigenvalue weighted by Crippen LogP contribution is 1.91. The Morgan fingerprint density at radius 3 is 2.00 bits per heavy atom. The van der Waals surface area contributed by atoms with E-state index in [-0.39, 0.29) is 3.72 Å². The minimum Gasteiger partial charge on any atom is -0.411 e. The lowest BCUT2D eigenvalue weighted by Gasteiger charge is -1.86. The summed E-state index contributed by atoms with van der Waals surface area (Å²) >= 11 is 1.74. The van der Waals surface area contributed by atoms with Crippen molar-refractivity contribution in [3.05, 3.63) is 0 Å². The highest BCUT2D eigenvalue weighted by molar-refractivity contribution is 14.1. The number of rotatable bonds is 1. The second-order valence-electron chi connectivity index (χ2n) is 1.08. The number of hydrogen-bond acceptors (Lipinski definition) is 4. The van der Waals surface area contributed by atoms with Crippen LogP contribution in [-0.4, -0.2) is 19.8 Å². The fourth-order valence-corrected chi connectivity index (χ4v) is 0.221. The summed E-state index contributed by atoms with van der Waals surface area (Å²) in [5.41, 5.74) is 0.299. The Balaban J connectivity index is 4.04. The monoisotopic (exact) mass is 228 g/mol. The van der Waals surface area contributed by atoms with E-state index in [0.29, 0.717) is 5.71 Å². The maximum Gasteiger partial charge on any atom is 0.164 e. The van der Waals surface area contributed by atoms with Crippen molar-refractivity contribution in [2.45, 2.75) is 6.92 Å². The van der Waals surface area contributed by atoms with Crippen LogP contribution in [-0.2, 0) is 0 Å². The summed E-state index contributed by atoms with van der Waals surface area (Å²) in [6.45, 7) is 1.53. The van der Waals surface area contributed by atoms with Crippen LogP contribution >= 0.6 is 22.6 Å². The van der Waals surface area contributed by atoms with Gasteiger partial charge in [0.25, 0.3) is 0 Å². The molecule has 0 radical (unpaired) electrons. The van der Waals surface area contributed by atoms with Gasteiger partial charge in [0.15, 0.2) is 3.72 Å². The third-order valence-electron chi connectivity index (χ3n) is 0.536. The van der Waals surface area contributed by atoms with Gasteiger partial charge in [-0.2, -0.15) is 0 Å². The van der Waals surface area contributed by atoms with Crippen LogP contribution in [0.3, 0.4) is 0 Å². The van der Waals surface area contributed by atoms with E-state index in [2.05, 4.69) is 10.3 Å². The lowest BCUT2D eigenvalue weighted by Crippen LogP contribution is -2.00. The molecule has 46 valence electrons. The number of hydrogen-bond donors (Lipinski definition) is 2. The van der Waals surface area contributed by atoms with E-state index < -0.39 is 0 Å². The van der Waals surface area contributed by atoms with Gasteiger partial charge < -0.3 is 10.4 Å². The number of nitrogens with zero attached hydrogens (tertiary/aromatic N) is 2. The molecule has 0 atom stereocenters. The van der Waals surface area contributed by atoms with Crippen molar-refractivity contribution < 1.29 is 10.4 Å². The highest BCUT2D eigenvalue weighted by Gasteiger charge is 1.96. The predicted octanol–water partition coefficient (Wildman–Crippen LogP) is 1.06. The fourth-order valence-electron chi connectivity index (χ4n) is 0.114. The molecule has 0 amide bonds. The highest BCUT2D eigenvalue weighted by atomic mass is 127. The van der Waals surface area contributed by atoms with Gasteiger partial charge in [-0.25, -0.2) is 0 Å². The third-order valence-corrected chi connectivity index (χ3v) is 1.53. The first-order valence-corrected chi connectivity index (χ1v) is 2.86. The largest absolute Gasteiger partial charge is 0.411 e. The van der Waals surface area contributed by atoms with Gasteiger partial charge in [-0.1, -0.05) is 10.3 Å². The smallest absolute Gasteiger partial charge is 0.164 e. The molecule has 0 aromatic carbocycles. The minimum atomic E-state index is 0.283. The summed E-state index contributed by atoms with van der Waals surface area (Å²) < 4.78 is 0.283. The summed E-state index contributed by atoms with van der Waals surface area (Å²) in [5.74, 6) is 0. The van der Waals surface area contributed by atoms with Gasteiger partial charge in [0.1, 0.15) is 5.71 Å². The zero-order chi connectivity index (χ0) is 6.57. The van der Waals surface area contributed by atoms with Crippen molar-refractivity contribution in [3.63, 3.8) is 0 Å². The molecule has 0 saturated heterocycles. The van der Waals surface area contributed by atoms with Crippen LogP contribution in [0.2, 0.25) is 0 Å². The van der Waals surface area contributed by atoms with E-state index in [1.165, 1.54) is 6.92 Å². The van der Waals surface area contributed by atoms with Gasteiger partial charge >= 0.3 is 0 Å². The first-order valence-electron chi connectivity index (χ1n) is 1.79. The van der Waals surface area contributed by atoms with Crippen LogP contribution in [0.1, 0.15) is 6.92 Å². The average molecular weight is 228 g/mol. The second kappa shape index (κ2) is 3.65. The Morgan fingerprint density at radius 1 is 1.38 bits per heavy atom. The minimum absolute atomic E-state index is 0.283. The molecule has 0 heterocycles. The van der Waals surface area contributed by atoms with E-state index in [0.717, 1.165) is 0 Å². The summed E-state index contributed by atoms with van der Waals surface area (Å²) in [7, 11) is 0. The van der Waals surface area contributed by atoms with Gasteiger partial charge in [0.2, 0.25) is 0 Å². The molecule has 8 heavy (non-hydrogen) atoms. The molecule has 0 bridgehead atoms. The van der Waals surface area contributed by atoms with Crippen molar-refractivity contribution in [1.82, 2.24) is 0 Å². The van der Waals surface area contributed by atoms with Gasteiger partial charge in [0, 0.05) is 0 Å². The normalized spacial score (nSPS) is 14.2. The standard InChI is InChI=1S/C3H5IN2O2/c1-2(5-7)3(4)6-8/h7-8H,1H3/b5-2-,6-3+. The molecule has 0 unspecified atom stereocenters. The summed E-state index contributed by atoms with van der Waals surface area (Å²) in [6.07, 6.45) is 0. The van der Waals surface area contributed by atoms with Crippen molar-refractivity contribution in [2.75, 3.05) is 0 Å². The Bertz CT molecular complexity index is 115.